The van der Waals surface area contributed by atoms with E-state index in [1.165, 1.54) is 26.6 Å². The molecule has 1 heterocycles. The molecule has 3 N–H and O–H groups in total. The molecule has 2 rings (SSSR count). The van der Waals surface area contributed by atoms with Gasteiger partial charge in [0.25, 0.3) is 5.91 Å². The maximum atomic E-state index is 12.3. The second-order valence-corrected chi connectivity index (χ2v) is 5.60. The minimum Gasteiger partial charge on any atom is -0.510 e. The number of Topliss-reactive ketones (excluding diaryl/α,β-unsaturated/α-hetero) is 1. The van der Waals surface area contributed by atoms with E-state index in [0.29, 0.717) is 0 Å². The Morgan fingerprint density at radius 3 is 2.61 bits per heavy atom. The van der Waals surface area contributed by atoms with Crippen LogP contribution in [0.1, 0.15) is 56.4 Å². The predicted molar refractivity (Wildman–Crippen MR) is 83.5 cm³/mol. The number of aliphatic hydroxyl groups is 1. The summed E-state index contributed by atoms with van der Waals surface area (Å²) in [5.74, 6) is -0.863. The lowest BCUT2D eigenvalue weighted by atomic mass is 9.95. The molecule has 8 nitrogen and oxygen atoms in total. The normalized spacial score (nSPS) is 17.1. The van der Waals surface area contributed by atoms with Gasteiger partial charge in [-0.15, -0.1) is 10.2 Å². The van der Waals surface area contributed by atoms with Crippen molar-refractivity contribution < 1.29 is 14.7 Å². The Morgan fingerprint density at radius 1 is 1.30 bits per heavy atom. The molecule has 0 unspecified atom stereocenters. The summed E-state index contributed by atoms with van der Waals surface area (Å²) in [7, 11) is 0. The van der Waals surface area contributed by atoms with Gasteiger partial charge in [0, 0.05) is 13.0 Å². The second kappa shape index (κ2) is 7.66. The van der Waals surface area contributed by atoms with Crippen LogP contribution in [0.25, 0.3) is 0 Å². The van der Waals surface area contributed by atoms with Gasteiger partial charge in [-0.3, -0.25) is 9.59 Å². The Bertz CT molecular complexity index is 637. The molecule has 0 bridgehead atoms. The Labute approximate surface area is 134 Å². The van der Waals surface area contributed by atoms with Crippen LogP contribution >= 0.6 is 0 Å². The van der Waals surface area contributed by atoms with Crippen LogP contribution < -0.4 is 5.32 Å². The number of nitrogens with zero attached hydrogens (tertiary/aromatic N) is 3. The number of carbonyl (C=O) groups excluding carboxylic acids is 2. The van der Waals surface area contributed by atoms with E-state index in [1.807, 2.05) is 0 Å². The van der Waals surface area contributed by atoms with Crippen LogP contribution in [-0.2, 0) is 4.79 Å². The fraction of sp³-hybridized carbons (Fsp3) is 0.533. The van der Waals surface area contributed by atoms with Gasteiger partial charge >= 0.3 is 0 Å². The van der Waals surface area contributed by atoms with Gasteiger partial charge in [0.15, 0.2) is 17.2 Å². The molecular weight excluding hydrogens is 298 g/mol. The number of aliphatic hydroxyl groups excluding tert-OH is 1. The third-order valence-electron chi connectivity index (χ3n) is 3.71. The van der Waals surface area contributed by atoms with Gasteiger partial charge in [-0.05, 0) is 19.8 Å². The molecule has 0 aromatic carbocycles. The first kappa shape index (κ1) is 16.9. The molecule has 1 aliphatic carbocycles. The Morgan fingerprint density at radius 2 is 2.00 bits per heavy atom. The van der Waals surface area contributed by atoms with E-state index in [9.17, 15) is 14.7 Å². The van der Waals surface area contributed by atoms with Crippen molar-refractivity contribution in [2.24, 2.45) is 10.2 Å². The number of ketones is 1. The van der Waals surface area contributed by atoms with Crippen LogP contribution in [0, 0.1) is 0 Å². The maximum absolute atomic E-state index is 12.3. The van der Waals surface area contributed by atoms with Crippen molar-refractivity contribution in [2.45, 2.75) is 52.0 Å². The fourth-order valence-corrected chi connectivity index (χ4v) is 2.53. The number of amides is 1. The van der Waals surface area contributed by atoms with E-state index in [0.717, 1.165) is 25.7 Å². The lowest BCUT2D eigenvalue weighted by Crippen LogP contribution is -2.36. The molecule has 0 radical (unpaired) electrons. The quantitative estimate of drug-likeness (QED) is 0.439. The average molecular weight is 319 g/mol. The topological polar surface area (TPSA) is 120 Å². The van der Waals surface area contributed by atoms with Crippen molar-refractivity contribution in [1.82, 2.24) is 15.3 Å². The van der Waals surface area contributed by atoms with Gasteiger partial charge < -0.3 is 15.4 Å². The number of aromatic nitrogens is 2. The standard InChI is InChI=1S/C15H21N5O3/c1-9(21)12(10(2)22)19-20-14-13(16-8-17-14)15(23)18-11-6-4-3-5-7-11/h8,11,21H,3-7H2,1-2H3,(H,16,17)(H,18,23). The summed E-state index contributed by atoms with van der Waals surface area (Å²) in [4.78, 5) is 30.3. The van der Waals surface area contributed by atoms with E-state index < -0.39 is 5.78 Å². The summed E-state index contributed by atoms with van der Waals surface area (Å²) in [5.41, 5.74) is 0.0319. The lowest BCUT2D eigenvalue weighted by Gasteiger charge is -2.22. The minimum absolute atomic E-state index is 0.0818. The number of carbonyl (C=O) groups is 2. The number of rotatable bonds is 5. The van der Waals surface area contributed by atoms with Gasteiger partial charge in [-0.2, -0.15) is 0 Å². The van der Waals surface area contributed by atoms with E-state index in [1.54, 1.807) is 0 Å². The van der Waals surface area contributed by atoms with Crippen LogP contribution in [0.4, 0.5) is 5.82 Å². The first-order chi connectivity index (χ1) is 11.0. The highest BCUT2D eigenvalue weighted by molar-refractivity contribution is 5.96. The third kappa shape index (κ3) is 4.48. The summed E-state index contributed by atoms with van der Waals surface area (Å²) in [6.45, 7) is 2.62. The molecule has 8 heteroatoms. The van der Waals surface area contributed by atoms with Crippen molar-refractivity contribution in [2.75, 3.05) is 0 Å². The molecule has 124 valence electrons. The number of hydrogen-bond acceptors (Lipinski definition) is 6. The van der Waals surface area contributed by atoms with Crippen LogP contribution in [-0.4, -0.2) is 32.8 Å². The Hall–Kier alpha value is -2.51. The van der Waals surface area contributed by atoms with Crippen molar-refractivity contribution in [3.05, 3.63) is 23.5 Å². The van der Waals surface area contributed by atoms with Crippen molar-refractivity contribution in [1.29, 1.82) is 0 Å². The van der Waals surface area contributed by atoms with E-state index in [-0.39, 0.29) is 34.9 Å². The predicted octanol–water partition coefficient (Wildman–Crippen LogP) is 2.93. The molecule has 0 atom stereocenters. The summed E-state index contributed by atoms with van der Waals surface area (Å²) in [6.07, 6.45) is 6.71. The van der Waals surface area contributed by atoms with E-state index in [4.69, 9.17) is 0 Å². The highest BCUT2D eigenvalue weighted by Crippen LogP contribution is 2.20. The highest BCUT2D eigenvalue weighted by atomic mass is 16.3. The van der Waals surface area contributed by atoms with E-state index in [2.05, 4.69) is 25.5 Å². The molecule has 0 saturated heterocycles. The SMILES string of the molecule is CC(=O)C(N=Nc1nc[nH]c1C(=O)NC1CCCCC1)=C(C)O. The maximum Gasteiger partial charge on any atom is 0.271 e. The summed E-state index contributed by atoms with van der Waals surface area (Å²) < 4.78 is 0. The number of azo groups is 1. The fourth-order valence-electron chi connectivity index (χ4n) is 2.53. The monoisotopic (exact) mass is 319 g/mol. The zero-order chi connectivity index (χ0) is 16.8. The molecule has 1 amide bonds. The van der Waals surface area contributed by atoms with Gasteiger partial charge in [-0.1, -0.05) is 19.3 Å². The number of aromatic amines is 1. The smallest absolute Gasteiger partial charge is 0.271 e. The van der Waals surface area contributed by atoms with Crippen LogP contribution in [0.15, 0.2) is 28.0 Å². The van der Waals surface area contributed by atoms with Gasteiger partial charge in [0.05, 0.1) is 6.33 Å². The molecule has 23 heavy (non-hydrogen) atoms. The molecule has 0 aliphatic heterocycles. The average Bonchev–Trinajstić information content (AvgIpc) is 2.96. The molecule has 1 fully saturated rings. The molecule has 1 saturated carbocycles. The minimum atomic E-state index is -0.419. The van der Waals surface area contributed by atoms with Gasteiger partial charge in [0.1, 0.15) is 5.76 Å². The van der Waals surface area contributed by atoms with Gasteiger partial charge in [0.2, 0.25) is 5.82 Å². The first-order valence-corrected chi connectivity index (χ1v) is 7.65. The first-order valence-electron chi connectivity index (χ1n) is 7.65. The highest BCUT2D eigenvalue weighted by Gasteiger charge is 2.20. The number of imidazole rings is 1. The van der Waals surface area contributed by atoms with Crippen LogP contribution in [0.2, 0.25) is 0 Å². The van der Waals surface area contributed by atoms with E-state index >= 15 is 0 Å². The second-order valence-electron chi connectivity index (χ2n) is 5.60. The zero-order valence-corrected chi connectivity index (χ0v) is 13.3. The lowest BCUT2D eigenvalue weighted by molar-refractivity contribution is -0.113. The zero-order valence-electron chi connectivity index (χ0n) is 13.3. The number of allylic oxidation sites excluding steroid dienone is 2. The summed E-state index contributed by atoms with van der Waals surface area (Å²) in [5, 5.41) is 19.9. The third-order valence-corrected chi connectivity index (χ3v) is 3.71. The molecule has 1 aromatic rings. The van der Waals surface area contributed by atoms with Crippen molar-refractivity contribution in [3.63, 3.8) is 0 Å². The van der Waals surface area contributed by atoms with Crippen molar-refractivity contribution in [3.8, 4) is 0 Å². The Balaban J connectivity index is 2.11. The number of hydrogen-bond donors (Lipinski definition) is 3. The summed E-state index contributed by atoms with van der Waals surface area (Å²) >= 11 is 0. The van der Waals surface area contributed by atoms with Crippen LogP contribution in [0.5, 0.6) is 0 Å². The van der Waals surface area contributed by atoms with Crippen LogP contribution in [0.3, 0.4) is 0 Å². The number of nitrogens with one attached hydrogen (secondary N) is 2. The molecule has 1 aliphatic rings. The van der Waals surface area contributed by atoms with Gasteiger partial charge in [-0.25, -0.2) is 4.98 Å². The van der Waals surface area contributed by atoms with Crippen molar-refractivity contribution >= 4 is 17.5 Å². The Kier molecular flexibility index (Phi) is 5.61. The molecule has 0 spiro atoms. The molecule has 1 aromatic heterocycles. The number of H-pyrrole nitrogens is 1. The largest absolute Gasteiger partial charge is 0.510 e. The molecular formula is C15H21N5O3. The summed E-state index contributed by atoms with van der Waals surface area (Å²) in [6, 6.07) is 0.164.